The van der Waals surface area contributed by atoms with Gasteiger partial charge in [0.15, 0.2) is 0 Å². The lowest BCUT2D eigenvalue weighted by atomic mass is 9.85. The van der Waals surface area contributed by atoms with Gasteiger partial charge in [-0.3, -0.25) is 0 Å². The van der Waals surface area contributed by atoms with Crippen LogP contribution in [-0.2, 0) is 18.4 Å². The summed E-state index contributed by atoms with van der Waals surface area (Å²) in [6.07, 6.45) is 1.07. The Morgan fingerprint density at radius 1 is 1.19 bits per heavy atom. The van der Waals surface area contributed by atoms with Gasteiger partial charge in [-0.15, -0.1) is 0 Å². The molecule has 0 radical (unpaired) electrons. The van der Waals surface area contributed by atoms with Crippen LogP contribution >= 0.6 is 0 Å². The molecule has 0 amide bonds. The molecule has 21 heavy (non-hydrogen) atoms. The second kappa shape index (κ2) is 6.23. The number of benzene rings is 1. The Labute approximate surface area is 128 Å². The Hall–Kier alpha value is -1.28. The molecule has 1 N–H and O–H groups in total. The first-order chi connectivity index (χ1) is 9.84. The molecule has 1 heterocycles. The van der Waals surface area contributed by atoms with Crippen molar-refractivity contribution in [2.24, 2.45) is 5.92 Å². The van der Waals surface area contributed by atoms with Gasteiger partial charge < -0.3 is 9.73 Å². The van der Waals surface area contributed by atoms with E-state index in [1.54, 1.807) is 0 Å². The van der Waals surface area contributed by atoms with E-state index in [-0.39, 0.29) is 5.41 Å². The maximum Gasteiger partial charge on any atom is 0.138 e. The zero-order valence-electron chi connectivity index (χ0n) is 14.3. The Morgan fingerprint density at radius 3 is 2.48 bits per heavy atom. The Balaban J connectivity index is 2.60. The van der Waals surface area contributed by atoms with Gasteiger partial charge in [0.25, 0.3) is 0 Å². The fourth-order valence-electron chi connectivity index (χ4n) is 2.82. The SMILES string of the molecule is CCNCc1oc2c(C(C)(C)C)cccc2c1CC(C)C. The summed E-state index contributed by atoms with van der Waals surface area (Å²) in [4.78, 5) is 0. The molecular weight excluding hydrogens is 258 g/mol. The third-order valence-corrected chi connectivity index (χ3v) is 3.86. The Bertz CT molecular complexity index is 602. The van der Waals surface area contributed by atoms with Crippen molar-refractivity contribution >= 4 is 11.0 Å². The first-order valence-electron chi connectivity index (χ1n) is 8.09. The molecule has 0 aliphatic heterocycles. The van der Waals surface area contributed by atoms with E-state index in [4.69, 9.17) is 4.42 Å². The molecule has 1 aromatic carbocycles. The average Bonchev–Trinajstić information content (AvgIpc) is 2.72. The van der Waals surface area contributed by atoms with Crippen LogP contribution in [0.1, 0.15) is 58.4 Å². The first-order valence-corrected chi connectivity index (χ1v) is 8.09. The van der Waals surface area contributed by atoms with Crippen LogP contribution in [0, 0.1) is 5.92 Å². The lowest BCUT2D eigenvalue weighted by molar-refractivity contribution is 0.494. The van der Waals surface area contributed by atoms with Gasteiger partial charge in [0.05, 0.1) is 6.54 Å². The summed E-state index contributed by atoms with van der Waals surface area (Å²) in [6.45, 7) is 15.2. The number of hydrogen-bond donors (Lipinski definition) is 1. The smallest absolute Gasteiger partial charge is 0.138 e. The standard InChI is InChI=1S/C19H29NO/c1-7-20-12-17-15(11-13(2)3)14-9-8-10-16(18(14)21-17)19(4,5)6/h8-10,13,20H,7,11-12H2,1-6H3. The van der Waals surface area contributed by atoms with Gasteiger partial charge in [-0.05, 0) is 24.3 Å². The second-order valence-corrected chi connectivity index (χ2v) is 7.31. The first kappa shape index (κ1) is 16.1. The van der Waals surface area contributed by atoms with E-state index in [9.17, 15) is 0 Å². The van der Waals surface area contributed by atoms with Crippen LogP contribution in [0.4, 0.5) is 0 Å². The molecule has 2 heteroatoms. The minimum atomic E-state index is 0.0991. The summed E-state index contributed by atoms with van der Waals surface area (Å²) in [5.41, 5.74) is 3.86. The number of hydrogen-bond acceptors (Lipinski definition) is 2. The molecule has 116 valence electrons. The highest BCUT2D eigenvalue weighted by molar-refractivity contribution is 5.86. The van der Waals surface area contributed by atoms with E-state index in [1.807, 2.05) is 0 Å². The van der Waals surface area contributed by atoms with Crippen molar-refractivity contribution in [1.29, 1.82) is 0 Å². The number of para-hydroxylation sites is 1. The van der Waals surface area contributed by atoms with E-state index in [2.05, 4.69) is 65.1 Å². The van der Waals surface area contributed by atoms with E-state index in [0.717, 1.165) is 30.9 Å². The Morgan fingerprint density at radius 2 is 1.90 bits per heavy atom. The summed E-state index contributed by atoms with van der Waals surface area (Å²) in [5, 5.41) is 4.70. The molecule has 2 aromatic rings. The second-order valence-electron chi connectivity index (χ2n) is 7.31. The number of rotatable bonds is 5. The summed E-state index contributed by atoms with van der Waals surface area (Å²) < 4.78 is 6.30. The van der Waals surface area contributed by atoms with Crippen LogP contribution in [0.5, 0.6) is 0 Å². The van der Waals surface area contributed by atoms with Crippen LogP contribution < -0.4 is 5.32 Å². The Kier molecular flexibility index (Phi) is 4.77. The summed E-state index contributed by atoms with van der Waals surface area (Å²) >= 11 is 0. The minimum Gasteiger partial charge on any atom is -0.459 e. The molecular formula is C19H29NO. The number of fused-ring (bicyclic) bond motifs is 1. The van der Waals surface area contributed by atoms with Crippen LogP contribution in [0.25, 0.3) is 11.0 Å². The minimum absolute atomic E-state index is 0.0991. The van der Waals surface area contributed by atoms with Gasteiger partial charge in [-0.1, -0.05) is 59.7 Å². The molecule has 2 rings (SSSR count). The highest BCUT2D eigenvalue weighted by Gasteiger charge is 2.22. The molecule has 0 fully saturated rings. The lowest BCUT2D eigenvalue weighted by Gasteiger charge is -2.19. The molecule has 0 atom stereocenters. The van der Waals surface area contributed by atoms with Crippen molar-refractivity contribution in [2.75, 3.05) is 6.54 Å². The van der Waals surface area contributed by atoms with Crippen molar-refractivity contribution in [2.45, 2.75) is 59.9 Å². The number of nitrogens with one attached hydrogen (secondary N) is 1. The zero-order valence-corrected chi connectivity index (χ0v) is 14.3. The fourth-order valence-corrected chi connectivity index (χ4v) is 2.82. The van der Waals surface area contributed by atoms with E-state index < -0.39 is 0 Å². The predicted octanol–water partition coefficient (Wildman–Crippen LogP) is 5.04. The zero-order chi connectivity index (χ0) is 15.6. The van der Waals surface area contributed by atoms with Crippen molar-refractivity contribution in [3.8, 4) is 0 Å². The molecule has 0 saturated heterocycles. The number of furan rings is 1. The maximum absolute atomic E-state index is 6.30. The maximum atomic E-state index is 6.30. The van der Waals surface area contributed by atoms with Gasteiger partial charge >= 0.3 is 0 Å². The highest BCUT2D eigenvalue weighted by Crippen LogP contribution is 2.35. The normalized spacial score (nSPS) is 12.5. The lowest BCUT2D eigenvalue weighted by Crippen LogP contribution is -2.12. The van der Waals surface area contributed by atoms with Gasteiger partial charge in [-0.2, -0.15) is 0 Å². The third kappa shape index (κ3) is 3.49. The monoisotopic (exact) mass is 287 g/mol. The highest BCUT2D eigenvalue weighted by atomic mass is 16.3. The van der Waals surface area contributed by atoms with Crippen molar-refractivity contribution < 1.29 is 4.42 Å². The topological polar surface area (TPSA) is 25.2 Å². The molecule has 0 aliphatic carbocycles. The molecule has 0 spiro atoms. The van der Waals surface area contributed by atoms with Crippen LogP contribution in [0.2, 0.25) is 0 Å². The largest absolute Gasteiger partial charge is 0.459 e. The van der Waals surface area contributed by atoms with Crippen molar-refractivity contribution in [3.05, 3.63) is 35.1 Å². The van der Waals surface area contributed by atoms with Crippen LogP contribution in [0.3, 0.4) is 0 Å². The fraction of sp³-hybridized carbons (Fsp3) is 0.579. The van der Waals surface area contributed by atoms with E-state index in [0.29, 0.717) is 5.92 Å². The van der Waals surface area contributed by atoms with Crippen LogP contribution in [-0.4, -0.2) is 6.54 Å². The molecule has 0 bridgehead atoms. The van der Waals surface area contributed by atoms with Gasteiger partial charge in [0.2, 0.25) is 0 Å². The molecule has 2 nitrogen and oxygen atoms in total. The molecule has 0 aliphatic rings. The van der Waals surface area contributed by atoms with Crippen LogP contribution in [0.15, 0.2) is 22.6 Å². The summed E-state index contributed by atoms with van der Waals surface area (Å²) in [6, 6.07) is 6.57. The van der Waals surface area contributed by atoms with Crippen molar-refractivity contribution in [3.63, 3.8) is 0 Å². The van der Waals surface area contributed by atoms with Gasteiger partial charge in [0, 0.05) is 16.5 Å². The summed E-state index contributed by atoms with van der Waals surface area (Å²) in [7, 11) is 0. The van der Waals surface area contributed by atoms with E-state index >= 15 is 0 Å². The summed E-state index contributed by atoms with van der Waals surface area (Å²) in [5.74, 6) is 1.74. The van der Waals surface area contributed by atoms with Gasteiger partial charge in [0.1, 0.15) is 11.3 Å². The quantitative estimate of drug-likeness (QED) is 0.833. The predicted molar refractivity (Wildman–Crippen MR) is 90.8 cm³/mol. The molecule has 1 aromatic heterocycles. The third-order valence-electron chi connectivity index (χ3n) is 3.86. The van der Waals surface area contributed by atoms with Crippen molar-refractivity contribution in [1.82, 2.24) is 5.32 Å². The van der Waals surface area contributed by atoms with Gasteiger partial charge in [-0.25, -0.2) is 0 Å². The molecule has 0 saturated carbocycles. The van der Waals surface area contributed by atoms with E-state index in [1.165, 1.54) is 16.5 Å². The molecule has 0 unspecified atom stereocenters. The average molecular weight is 287 g/mol.